The molecule has 1 heterocycles. The maximum absolute atomic E-state index is 12.0. The van der Waals surface area contributed by atoms with Crippen LogP contribution in [-0.4, -0.2) is 54.4 Å². The molecule has 1 rings (SSSR count). The first kappa shape index (κ1) is 17.2. The summed E-state index contributed by atoms with van der Waals surface area (Å²) in [5.41, 5.74) is 0.0904. The summed E-state index contributed by atoms with van der Waals surface area (Å²) >= 11 is 0. The molecular weight excluding hydrogens is 254 g/mol. The number of rotatable bonds is 5. The van der Waals surface area contributed by atoms with E-state index in [1.807, 2.05) is 0 Å². The van der Waals surface area contributed by atoms with Gasteiger partial charge in [-0.25, -0.2) is 4.79 Å². The normalized spacial score (nSPS) is 19.6. The number of aliphatic hydroxyl groups is 1. The topological polar surface area (TPSA) is 64.6 Å². The molecule has 0 spiro atoms. The van der Waals surface area contributed by atoms with Crippen molar-refractivity contribution in [2.45, 2.75) is 59.0 Å². The zero-order chi connectivity index (χ0) is 15.2. The van der Waals surface area contributed by atoms with Crippen LogP contribution in [0.3, 0.4) is 0 Å². The predicted molar refractivity (Wildman–Crippen MR) is 81.7 cm³/mol. The fraction of sp³-hybridized carbons (Fsp3) is 0.933. The fourth-order valence-electron chi connectivity index (χ4n) is 2.71. The number of amides is 2. The van der Waals surface area contributed by atoms with Crippen molar-refractivity contribution in [2.24, 2.45) is 5.41 Å². The average Bonchev–Trinajstić information content (AvgIpc) is 2.37. The summed E-state index contributed by atoms with van der Waals surface area (Å²) in [7, 11) is 0. The monoisotopic (exact) mass is 285 g/mol. The molecule has 1 unspecified atom stereocenters. The maximum atomic E-state index is 12.0. The van der Waals surface area contributed by atoms with E-state index in [4.69, 9.17) is 0 Å². The van der Waals surface area contributed by atoms with Crippen LogP contribution in [0, 0.1) is 5.41 Å². The van der Waals surface area contributed by atoms with Crippen molar-refractivity contribution in [3.8, 4) is 0 Å². The molecule has 2 amide bonds. The highest BCUT2D eigenvalue weighted by Gasteiger charge is 2.23. The van der Waals surface area contributed by atoms with Crippen LogP contribution in [0.1, 0.15) is 47.0 Å². The van der Waals surface area contributed by atoms with E-state index < -0.39 is 0 Å². The Balaban J connectivity index is 2.32. The number of hydrogen-bond acceptors (Lipinski definition) is 3. The molecule has 1 saturated heterocycles. The van der Waals surface area contributed by atoms with Gasteiger partial charge in [0.25, 0.3) is 0 Å². The second-order valence-electron chi connectivity index (χ2n) is 6.97. The lowest BCUT2D eigenvalue weighted by Gasteiger charge is -2.32. The minimum absolute atomic E-state index is 0.0149. The van der Waals surface area contributed by atoms with E-state index in [0.29, 0.717) is 0 Å². The lowest BCUT2D eigenvalue weighted by molar-refractivity contribution is 0.179. The van der Waals surface area contributed by atoms with Gasteiger partial charge in [-0.1, -0.05) is 27.7 Å². The molecule has 1 aliphatic rings. The number of aliphatic hydroxyl groups excluding tert-OH is 1. The van der Waals surface area contributed by atoms with Crippen LogP contribution >= 0.6 is 0 Å². The highest BCUT2D eigenvalue weighted by molar-refractivity contribution is 5.74. The van der Waals surface area contributed by atoms with Gasteiger partial charge in [-0.3, -0.25) is 0 Å². The SMILES string of the molecule is CCN1CCC(NC(=O)NC(CO)CC(C)(C)C)CC1. The molecule has 118 valence electrons. The third kappa shape index (κ3) is 6.57. The van der Waals surface area contributed by atoms with Gasteiger partial charge in [0, 0.05) is 19.1 Å². The van der Waals surface area contributed by atoms with E-state index in [9.17, 15) is 9.90 Å². The van der Waals surface area contributed by atoms with Crippen molar-refractivity contribution in [3.05, 3.63) is 0 Å². The van der Waals surface area contributed by atoms with Gasteiger partial charge in [0.2, 0.25) is 0 Å². The third-order valence-corrected chi connectivity index (χ3v) is 3.78. The van der Waals surface area contributed by atoms with E-state index in [0.717, 1.165) is 38.9 Å². The Labute approximate surface area is 123 Å². The second-order valence-corrected chi connectivity index (χ2v) is 6.97. The molecular formula is C15H31N3O2. The lowest BCUT2D eigenvalue weighted by atomic mass is 9.88. The molecule has 0 aromatic carbocycles. The van der Waals surface area contributed by atoms with Gasteiger partial charge in [-0.2, -0.15) is 0 Å². The molecule has 0 bridgehead atoms. The van der Waals surface area contributed by atoms with Gasteiger partial charge in [0.15, 0.2) is 0 Å². The lowest BCUT2D eigenvalue weighted by Crippen LogP contribution is -2.51. The van der Waals surface area contributed by atoms with Crippen molar-refractivity contribution < 1.29 is 9.90 Å². The average molecular weight is 285 g/mol. The molecule has 20 heavy (non-hydrogen) atoms. The number of piperidine rings is 1. The van der Waals surface area contributed by atoms with E-state index in [2.05, 4.69) is 43.2 Å². The Morgan fingerprint density at radius 1 is 1.35 bits per heavy atom. The summed E-state index contributed by atoms with van der Waals surface area (Å²) in [4.78, 5) is 14.4. The Hall–Kier alpha value is -0.810. The van der Waals surface area contributed by atoms with Gasteiger partial charge in [-0.15, -0.1) is 0 Å². The van der Waals surface area contributed by atoms with Crippen LogP contribution in [0.5, 0.6) is 0 Å². The Kier molecular flexibility index (Phi) is 6.76. The van der Waals surface area contributed by atoms with Crippen LogP contribution < -0.4 is 10.6 Å². The van der Waals surface area contributed by atoms with Crippen molar-refractivity contribution in [2.75, 3.05) is 26.2 Å². The van der Waals surface area contributed by atoms with Gasteiger partial charge in [0.1, 0.15) is 0 Å². The molecule has 1 aliphatic heterocycles. The van der Waals surface area contributed by atoms with Crippen LogP contribution in [0.4, 0.5) is 4.79 Å². The fourth-order valence-corrected chi connectivity index (χ4v) is 2.71. The summed E-state index contributed by atoms with van der Waals surface area (Å²) in [6, 6.07) is -0.0687. The summed E-state index contributed by atoms with van der Waals surface area (Å²) in [6.07, 6.45) is 2.78. The first-order chi connectivity index (χ1) is 9.34. The molecule has 0 saturated carbocycles. The van der Waals surface area contributed by atoms with Crippen molar-refractivity contribution in [1.82, 2.24) is 15.5 Å². The molecule has 0 aliphatic carbocycles. The van der Waals surface area contributed by atoms with Crippen LogP contribution in [0.15, 0.2) is 0 Å². The molecule has 0 radical (unpaired) electrons. The number of carbonyl (C=O) groups is 1. The Bertz CT molecular complexity index is 294. The number of urea groups is 1. The number of nitrogens with zero attached hydrogens (tertiary/aromatic N) is 1. The van der Waals surface area contributed by atoms with Gasteiger partial charge >= 0.3 is 6.03 Å². The van der Waals surface area contributed by atoms with Gasteiger partial charge in [-0.05, 0) is 31.2 Å². The van der Waals surface area contributed by atoms with Crippen molar-refractivity contribution in [1.29, 1.82) is 0 Å². The Morgan fingerprint density at radius 3 is 2.40 bits per heavy atom. The third-order valence-electron chi connectivity index (χ3n) is 3.78. The highest BCUT2D eigenvalue weighted by Crippen LogP contribution is 2.20. The number of likely N-dealkylation sites (tertiary alicyclic amines) is 1. The molecule has 0 aromatic rings. The second kappa shape index (κ2) is 7.84. The first-order valence-electron chi connectivity index (χ1n) is 7.74. The number of hydrogen-bond donors (Lipinski definition) is 3. The van der Waals surface area contributed by atoms with E-state index in [1.54, 1.807) is 0 Å². The quantitative estimate of drug-likeness (QED) is 0.718. The highest BCUT2D eigenvalue weighted by atomic mass is 16.3. The maximum Gasteiger partial charge on any atom is 0.315 e. The summed E-state index contributed by atoms with van der Waals surface area (Å²) in [5, 5.41) is 15.3. The summed E-state index contributed by atoms with van der Waals surface area (Å²) in [6.45, 7) is 11.6. The zero-order valence-corrected chi connectivity index (χ0v) is 13.4. The largest absolute Gasteiger partial charge is 0.394 e. The smallest absolute Gasteiger partial charge is 0.315 e. The van der Waals surface area contributed by atoms with Crippen LogP contribution in [0.2, 0.25) is 0 Å². The van der Waals surface area contributed by atoms with Crippen LogP contribution in [-0.2, 0) is 0 Å². The molecule has 0 aromatic heterocycles. The zero-order valence-electron chi connectivity index (χ0n) is 13.4. The van der Waals surface area contributed by atoms with Crippen molar-refractivity contribution in [3.63, 3.8) is 0 Å². The molecule has 5 nitrogen and oxygen atoms in total. The van der Waals surface area contributed by atoms with Crippen LogP contribution in [0.25, 0.3) is 0 Å². The standard InChI is InChI=1S/C15H31N3O2/c1-5-18-8-6-12(7-9-18)16-14(20)17-13(11-19)10-15(2,3)4/h12-13,19H,5-11H2,1-4H3,(H2,16,17,20). The summed E-state index contributed by atoms with van der Waals surface area (Å²) in [5.74, 6) is 0. The Morgan fingerprint density at radius 2 is 1.95 bits per heavy atom. The number of nitrogens with one attached hydrogen (secondary N) is 2. The van der Waals surface area contributed by atoms with E-state index in [1.165, 1.54) is 0 Å². The summed E-state index contributed by atoms with van der Waals surface area (Å²) < 4.78 is 0. The van der Waals surface area contributed by atoms with E-state index >= 15 is 0 Å². The minimum atomic E-state index is -0.175. The number of carbonyl (C=O) groups excluding carboxylic acids is 1. The predicted octanol–water partition coefficient (Wildman–Crippen LogP) is 1.57. The van der Waals surface area contributed by atoms with E-state index in [-0.39, 0.29) is 30.1 Å². The molecule has 3 N–H and O–H groups in total. The molecule has 1 fully saturated rings. The van der Waals surface area contributed by atoms with Crippen molar-refractivity contribution >= 4 is 6.03 Å². The molecule has 1 atom stereocenters. The first-order valence-corrected chi connectivity index (χ1v) is 7.74. The van der Waals surface area contributed by atoms with Gasteiger partial charge in [0.05, 0.1) is 12.6 Å². The molecule has 5 heteroatoms. The van der Waals surface area contributed by atoms with Gasteiger partial charge < -0.3 is 20.6 Å². The minimum Gasteiger partial charge on any atom is -0.394 e.